The largest absolute Gasteiger partial charge is 0.361 e. The lowest BCUT2D eigenvalue weighted by molar-refractivity contribution is -0.135. The second-order valence-corrected chi connectivity index (χ2v) is 9.39. The van der Waals surface area contributed by atoms with Crippen LogP contribution in [0.25, 0.3) is 12.2 Å². The molecule has 2 aliphatic rings. The van der Waals surface area contributed by atoms with Crippen molar-refractivity contribution in [3.63, 3.8) is 0 Å². The molecule has 0 saturated carbocycles. The number of nitrogens with one attached hydrogen (secondary N) is 2. The van der Waals surface area contributed by atoms with E-state index in [4.69, 9.17) is 0 Å². The quantitative estimate of drug-likeness (QED) is 0.594. The first-order valence-corrected chi connectivity index (χ1v) is 11.7. The average molecular weight is 442 g/mol. The molecule has 176 valence electrons. The van der Waals surface area contributed by atoms with E-state index in [0.29, 0.717) is 25.7 Å². The van der Waals surface area contributed by atoms with Crippen molar-refractivity contribution in [3.8, 4) is 0 Å². The Kier molecular flexibility index (Phi) is 7.96. The van der Waals surface area contributed by atoms with Gasteiger partial charge in [-0.1, -0.05) is 18.2 Å². The predicted molar refractivity (Wildman–Crippen MR) is 129 cm³/mol. The van der Waals surface area contributed by atoms with Gasteiger partial charge in [-0.2, -0.15) is 0 Å². The van der Waals surface area contributed by atoms with Crippen LogP contribution in [0, 0.1) is 11.8 Å². The molecule has 1 aromatic heterocycles. The van der Waals surface area contributed by atoms with E-state index in [-0.39, 0.29) is 23.8 Å². The van der Waals surface area contributed by atoms with Crippen molar-refractivity contribution in [3.05, 3.63) is 35.0 Å². The number of aromatic amines is 1. The van der Waals surface area contributed by atoms with Gasteiger partial charge in [-0.25, -0.2) is 4.79 Å². The van der Waals surface area contributed by atoms with E-state index in [0.717, 1.165) is 37.7 Å². The van der Waals surface area contributed by atoms with Gasteiger partial charge in [0, 0.05) is 49.0 Å². The number of hydrogen-bond acceptors (Lipinski definition) is 4. The second-order valence-electron chi connectivity index (χ2n) is 9.39. The van der Waals surface area contributed by atoms with E-state index >= 15 is 0 Å². The van der Waals surface area contributed by atoms with Crippen LogP contribution >= 0.6 is 0 Å². The van der Waals surface area contributed by atoms with Gasteiger partial charge in [-0.3, -0.25) is 14.6 Å². The molecule has 7 nitrogen and oxygen atoms in total. The number of aromatic nitrogens is 1. The molecular weight excluding hydrogens is 402 g/mol. The Morgan fingerprint density at radius 2 is 2.09 bits per heavy atom. The number of carbonyl (C=O) groups is 2. The maximum atomic E-state index is 13.7. The molecule has 1 aliphatic carbocycles. The van der Waals surface area contributed by atoms with Gasteiger partial charge >= 0.3 is 6.03 Å². The first-order valence-electron chi connectivity index (χ1n) is 11.7. The van der Waals surface area contributed by atoms with Gasteiger partial charge in [0.15, 0.2) is 0 Å². The van der Waals surface area contributed by atoms with Crippen LogP contribution in [0.1, 0.15) is 32.3 Å². The molecule has 2 N–H and O–H groups in total. The molecule has 0 spiro atoms. The third kappa shape index (κ3) is 4.99. The van der Waals surface area contributed by atoms with Crippen LogP contribution in [0.3, 0.4) is 0 Å². The summed E-state index contributed by atoms with van der Waals surface area (Å²) in [4.78, 5) is 35.6. The number of imide groups is 1. The molecule has 1 aromatic rings. The Labute approximate surface area is 191 Å². The molecule has 2 heterocycles. The molecule has 0 radical (unpaired) electrons. The van der Waals surface area contributed by atoms with Crippen molar-refractivity contribution in [2.45, 2.75) is 39.2 Å². The SMILES string of the molecule is C=CCN1CC(C(=O)N(CCCN(C)C)C(=O)NCC)CC2C(C)=c3c(c[nH]c3=C)CC21. The van der Waals surface area contributed by atoms with Crippen LogP contribution in [0.4, 0.5) is 4.79 Å². The molecule has 1 saturated heterocycles. The number of fused-ring (bicyclic) bond motifs is 2. The van der Waals surface area contributed by atoms with Crippen molar-refractivity contribution in [2.75, 3.05) is 46.8 Å². The summed E-state index contributed by atoms with van der Waals surface area (Å²) in [6.45, 7) is 15.3. The minimum atomic E-state index is -0.286. The van der Waals surface area contributed by atoms with Crippen molar-refractivity contribution in [1.29, 1.82) is 0 Å². The monoisotopic (exact) mass is 441 g/mol. The van der Waals surface area contributed by atoms with Gasteiger partial charge in [-0.05, 0) is 65.2 Å². The summed E-state index contributed by atoms with van der Waals surface area (Å²) in [6.07, 6.45) is 6.45. The number of rotatable bonds is 8. The van der Waals surface area contributed by atoms with Crippen molar-refractivity contribution >= 4 is 24.1 Å². The van der Waals surface area contributed by atoms with Gasteiger partial charge in [0.1, 0.15) is 0 Å². The van der Waals surface area contributed by atoms with E-state index in [1.165, 1.54) is 21.3 Å². The minimum Gasteiger partial charge on any atom is -0.361 e. The predicted octanol–water partition coefficient (Wildman–Crippen LogP) is 1.15. The third-order valence-corrected chi connectivity index (χ3v) is 6.89. The zero-order valence-electron chi connectivity index (χ0n) is 20.1. The van der Waals surface area contributed by atoms with E-state index in [1.54, 1.807) is 0 Å². The van der Waals surface area contributed by atoms with Crippen LogP contribution in [-0.4, -0.2) is 84.5 Å². The Morgan fingerprint density at radius 1 is 1.34 bits per heavy atom. The molecule has 7 heteroatoms. The summed E-state index contributed by atoms with van der Waals surface area (Å²) in [7, 11) is 4.00. The number of amides is 3. The Bertz CT molecular complexity index is 950. The molecule has 1 aliphatic heterocycles. The highest BCUT2D eigenvalue weighted by Crippen LogP contribution is 2.37. The fourth-order valence-electron chi connectivity index (χ4n) is 5.40. The minimum absolute atomic E-state index is 0.0651. The summed E-state index contributed by atoms with van der Waals surface area (Å²) in [5.41, 5.74) is 2.60. The average Bonchev–Trinajstić information content (AvgIpc) is 3.12. The maximum absolute atomic E-state index is 13.7. The first-order chi connectivity index (χ1) is 15.3. The summed E-state index contributed by atoms with van der Waals surface area (Å²) in [6, 6.07) is 0.0531. The zero-order chi connectivity index (χ0) is 23.4. The highest BCUT2D eigenvalue weighted by molar-refractivity contribution is 5.95. The molecule has 1 fully saturated rings. The van der Waals surface area contributed by atoms with Crippen LogP contribution in [0.2, 0.25) is 0 Å². The van der Waals surface area contributed by atoms with Gasteiger partial charge in [0.25, 0.3) is 0 Å². The van der Waals surface area contributed by atoms with Gasteiger partial charge < -0.3 is 15.2 Å². The van der Waals surface area contributed by atoms with Crippen LogP contribution < -0.4 is 15.9 Å². The van der Waals surface area contributed by atoms with Crippen molar-refractivity contribution < 1.29 is 9.59 Å². The maximum Gasteiger partial charge on any atom is 0.324 e. The number of likely N-dealkylation sites (tertiary alicyclic amines) is 1. The van der Waals surface area contributed by atoms with E-state index in [1.807, 2.05) is 27.1 Å². The number of carbonyl (C=O) groups excluding carboxylic acids is 2. The van der Waals surface area contributed by atoms with Crippen LogP contribution in [0.15, 0.2) is 18.9 Å². The summed E-state index contributed by atoms with van der Waals surface area (Å²) < 4.78 is 0. The molecule has 32 heavy (non-hydrogen) atoms. The summed E-state index contributed by atoms with van der Waals surface area (Å²) >= 11 is 0. The standard InChI is InChI=1S/C25H39N5O2/c1-7-10-29-16-20(24(31)30(25(32)26-8-2)12-9-11-28(5)6)13-21-17(3)23-18(4)27-15-19(23)14-22(21)29/h7,15,20-22,27H,1,4,8-14,16H2,2-3,5-6H3,(H,26,32). The Balaban J connectivity index is 1.88. The molecule has 3 atom stereocenters. The molecule has 3 unspecified atom stereocenters. The number of piperidine rings is 1. The highest BCUT2D eigenvalue weighted by Gasteiger charge is 2.43. The van der Waals surface area contributed by atoms with Crippen molar-refractivity contribution in [2.24, 2.45) is 11.8 Å². The van der Waals surface area contributed by atoms with Crippen LogP contribution in [0.5, 0.6) is 0 Å². The smallest absolute Gasteiger partial charge is 0.324 e. The number of H-pyrrole nitrogens is 1. The Morgan fingerprint density at radius 3 is 2.75 bits per heavy atom. The lowest BCUT2D eigenvalue weighted by Crippen LogP contribution is -2.57. The van der Waals surface area contributed by atoms with Gasteiger partial charge in [0.05, 0.1) is 5.92 Å². The highest BCUT2D eigenvalue weighted by atomic mass is 16.2. The van der Waals surface area contributed by atoms with E-state index in [9.17, 15) is 9.59 Å². The molecule has 0 aromatic carbocycles. The van der Waals surface area contributed by atoms with Gasteiger partial charge in [-0.15, -0.1) is 6.58 Å². The topological polar surface area (TPSA) is 71.7 Å². The Hall–Kier alpha value is -2.38. The first kappa shape index (κ1) is 24.3. The van der Waals surface area contributed by atoms with Gasteiger partial charge in [0.2, 0.25) is 5.91 Å². The molecular formula is C25H39N5O2. The second kappa shape index (κ2) is 10.5. The number of hydrogen-bond donors (Lipinski definition) is 2. The fourth-order valence-corrected chi connectivity index (χ4v) is 5.40. The lowest BCUT2D eigenvalue weighted by Gasteiger charge is -2.46. The lowest BCUT2D eigenvalue weighted by atomic mass is 9.73. The van der Waals surface area contributed by atoms with Crippen molar-refractivity contribution in [1.82, 2.24) is 25.0 Å². The normalized spacial score (nSPS) is 22.9. The van der Waals surface area contributed by atoms with E-state index < -0.39 is 0 Å². The zero-order valence-corrected chi connectivity index (χ0v) is 20.1. The fraction of sp³-hybridized carbons (Fsp3) is 0.600. The molecule has 0 bridgehead atoms. The van der Waals surface area contributed by atoms with Crippen LogP contribution in [-0.2, 0) is 11.2 Å². The third-order valence-electron chi connectivity index (χ3n) is 6.89. The van der Waals surface area contributed by atoms with E-state index in [2.05, 4.69) is 46.4 Å². The molecule has 3 rings (SSSR count). The number of urea groups is 1. The summed E-state index contributed by atoms with van der Waals surface area (Å²) in [5, 5.41) is 5.00. The summed E-state index contributed by atoms with van der Waals surface area (Å²) in [5.74, 6) is -0.0223. The number of nitrogens with zero attached hydrogens (tertiary/aromatic N) is 3. The molecule has 3 amide bonds.